The van der Waals surface area contributed by atoms with Crippen LogP contribution >= 0.6 is 0 Å². The van der Waals surface area contributed by atoms with Crippen LogP contribution in [0.25, 0.3) is 0 Å². The second kappa shape index (κ2) is 5.70. The Morgan fingerprint density at radius 1 is 1.15 bits per heavy atom. The summed E-state index contributed by atoms with van der Waals surface area (Å²) in [5, 5.41) is 0. The van der Waals surface area contributed by atoms with Crippen molar-refractivity contribution in [3.05, 3.63) is 59.4 Å². The number of aromatic nitrogens is 1. The van der Waals surface area contributed by atoms with E-state index in [0.717, 1.165) is 16.7 Å². The van der Waals surface area contributed by atoms with Crippen LogP contribution in [0.5, 0.6) is 0 Å². The van der Waals surface area contributed by atoms with E-state index in [0.29, 0.717) is 4.90 Å². The lowest BCUT2D eigenvalue weighted by molar-refractivity contribution is 0.601. The molecule has 0 saturated heterocycles. The lowest BCUT2D eigenvalue weighted by atomic mass is 10.00. The smallest absolute Gasteiger partial charge is 0.175 e. The number of nitrogens with one attached hydrogen (secondary N) is 1. The Labute approximate surface area is 118 Å². The van der Waals surface area contributed by atoms with Gasteiger partial charge in [-0.2, -0.15) is 0 Å². The summed E-state index contributed by atoms with van der Waals surface area (Å²) < 4.78 is 22.9. The van der Waals surface area contributed by atoms with E-state index < -0.39 is 9.84 Å². The third-order valence-electron chi connectivity index (χ3n) is 3.04. The van der Waals surface area contributed by atoms with Crippen LogP contribution in [0.15, 0.2) is 47.6 Å². The molecule has 1 atom stereocenters. The van der Waals surface area contributed by atoms with Crippen LogP contribution in [0.2, 0.25) is 0 Å². The summed E-state index contributed by atoms with van der Waals surface area (Å²) in [4.78, 5) is 4.44. The summed E-state index contributed by atoms with van der Waals surface area (Å²) in [6.07, 6.45) is 4.69. The molecule has 0 bridgehead atoms. The molecule has 3 N–H and O–H groups in total. The first-order valence-corrected chi connectivity index (χ1v) is 7.98. The fraction of sp³-hybridized carbons (Fsp3) is 0.214. The summed E-state index contributed by atoms with van der Waals surface area (Å²) in [6.45, 7) is 1.96. The summed E-state index contributed by atoms with van der Waals surface area (Å²) in [5.41, 5.74) is 5.58. The van der Waals surface area contributed by atoms with Crippen LogP contribution < -0.4 is 11.3 Å². The van der Waals surface area contributed by atoms with Gasteiger partial charge in [-0.3, -0.25) is 10.8 Å². The van der Waals surface area contributed by atoms with E-state index in [9.17, 15) is 8.42 Å². The first kappa shape index (κ1) is 14.6. The Hall–Kier alpha value is -1.76. The van der Waals surface area contributed by atoms with Gasteiger partial charge in [0.2, 0.25) is 0 Å². The number of nitrogens with two attached hydrogens (primary N) is 1. The van der Waals surface area contributed by atoms with E-state index in [-0.39, 0.29) is 6.04 Å². The highest BCUT2D eigenvalue weighted by atomic mass is 32.2. The molecule has 2 aromatic rings. The van der Waals surface area contributed by atoms with Crippen molar-refractivity contribution in [1.82, 2.24) is 10.4 Å². The molecule has 0 aliphatic heterocycles. The average molecular weight is 291 g/mol. The van der Waals surface area contributed by atoms with Gasteiger partial charge in [0.15, 0.2) is 9.84 Å². The topological polar surface area (TPSA) is 85.1 Å². The van der Waals surface area contributed by atoms with Crippen LogP contribution in [-0.2, 0) is 9.84 Å². The molecule has 1 heterocycles. The molecule has 0 saturated carbocycles. The first-order valence-electron chi connectivity index (χ1n) is 6.09. The zero-order valence-electron chi connectivity index (χ0n) is 11.4. The summed E-state index contributed by atoms with van der Waals surface area (Å²) in [6, 6.07) is 8.43. The summed E-state index contributed by atoms with van der Waals surface area (Å²) >= 11 is 0. The molecule has 6 heteroatoms. The van der Waals surface area contributed by atoms with Gasteiger partial charge in [-0.1, -0.05) is 18.2 Å². The van der Waals surface area contributed by atoms with Crippen molar-refractivity contribution in [2.75, 3.05) is 6.26 Å². The normalized spacial score (nSPS) is 13.2. The molecule has 2 rings (SSSR count). The minimum atomic E-state index is -3.19. The van der Waals surface area contributed by atoms with Crippen molar-refractivity contribution in [3.63, 3.8) is 0 Å². The number of hydrogen-bond acceptors (Lipinski definition) is 5. The third-order valence-corrected chi connectivity index (χ3v) is 4.17. The van der Waals surface area contributed by atoms with Gasteiger partial charge in [-0.25, -0.2) is 13.8 Å². The fourth-order valence-corrected chi connectivity index (χ4v) is 2.66. The maximum Gasteiger partial charge on any atom is 0.175 e. The fourth-order valence-electron chi connectivity index (χ4n) is 2.03. The molecule has 1 aromatic carbocycles. The Morgan fingerprint density at radius 2 is 1.80 bits per heavy atom. The molecule has 5 nitrogen and oxygen atoms in total. The Kier molecular flexibility index (Phi) is 4.17. The van der Waals surface area contributed by atoms with Crippen molar-refractivity contribution >= 4 is 9.84 Å². The monoisotopic (exact) mass is 291 g/mol. The Bertz CT molecular complexity index is 697. The maximum absolute atomic E-state index is 11.4. The van der Waals surface area contributed by atoms with E-state index in [4.69, 9.17) is 5.84 Å². The lowest BCUT2D eigenvalue weighted by Gasteiger charge is -2.17. The molecule has 20 heavy (non-hydrogen) atoms. The quantitative estimate of drug-likeness (QED) is 0.656. The van der Waals surface area contributed by atoms with Gasteiger partial charge in [0.1, 0.15) is 0 Å². The predicted octanol–water partition coefficient (Wildman–Crippen LogP) is 1.35. The van der Waals surface area contributed by atoms with Crippen LogP contribution in [0, 0.1) is 6.92 Å². The molecule has 0 fully saturated rings. The molecule has 0 aliphatic carbocycles. The molecule has 0 spiro atoms. The molecule has 0 amide bonds. The minimum absolute atomic E-state index is 0.226. The molecule has 0 aliphatic rings. The molecular weight excluding hydrogens is 274 g/mol. The number of hydrogen-bond donors (Lipinski definition) is 2. The molecule has 1 unspecified atom stereocenters. The summed E-state index contributed by atoms with van der Waals surface area (Å²) in [5.74, 6) is 5.61. The van der Waals surface area contributed by atoms with E-state index in [2.05, 4.69) is 10.4 Å². The summed E-state index contributed by atoms with van der Waals surface area (Å²) in [7, 11) is -3.19. The average Bonchev–Trinajstić information content (AvgIpc) is 2.39. The number of pyridine rings is 1. The van der Waals surface area contributed by atoms with Gasteiger partial charge < -0.3 is 0 Å². The van der Waals surface area contributed by atoms with Gasteiger partial charge in [0, 0.05) is 18.6 Å². The predicted molar refractivity (Wildman–Crippen MR) is 77.7 cm³/mol. The highest BCUT2D eigenvalue weighted by Gasteiger charge is 2.14. The van der Waals surface area contributed by atoms with E-state index in [1.165, 1.54) is 6.26 Å². The van der Waals surface area contributed by atoms with Crippen molar-refractivity contribution in [2.45, 2.75) is 17.9 Å². The van der Waals surface area contributed by atoms with E-state index in [1.807, 2.05) is 13.0 Å². The van der Waals surface area contributed by atoms with Gasteiger partial charge >= 0.3 is 0 Å². The van der Waals surface area contributed by atoms with Crippen LogP contribution in [0.1, 0.15) is 22.7 Å². The second-order valence-electron chi connectivity index (χ2n) is 4.74. The van der Waals surface area contributed by atoms with Gasteiger partial charge in [-0.15, -0.1) is 0 Å². The van der Waals surface area contributed by atoms with Gasteiger partial charge in [0.25, 0.3) is 0 Å². The van der Waals surface area contributed by atoms with E-state index in [1.54, 1.807) is 36.7 Å². The maximum atomic E-state index is 11.4. The largest absolute Gasteiger partial charge is 0.271 e. The highest BCUT2D eigenvalue weighted by Crippen LogP contribution is 2.22. The first-order chi connectivity index (χ1) is 9.41. The van der Waals surface area contributed by atoms with Crippen LogP contribution in [0.4, 0.5) is 0 Å². The minimum Gasteiger partial charge on any atom is -0.271 e. The molecule has 0 radical (unpaired) electrons. The molecular formula is C14H17N3O2S. The number of rotatable bonds is 4. The van der Waals surface area contributed by atoms with Gasteiger partial charge in [0.05, 0.1) is 10.9 Å². The highest BCUT2D eigenvalue weighted by molar-refractivity contribution is 7.90. The van der Waals surface area contributed by atoms with Crippen molar-refractivity contribution in [1.29, 1.82) is 0 Å². The standard InChI is InChI=1S/C14H17N3O2S/c1-10-7-12(9-16-8-10)14(17-15)11-3-5-13(6-4-11)20(2,18)19/h3-9,14,17H,15H2,1-2H3. The molecule has 106 valence electrons. The Balaban J connectivity index is 2.38. The lowest BCUT2D eigenvalue weighted by Crippen LogP contribution is -2.29. The number of aryl methyl sites for hydroxylation is 1. The number of hydrazine groups is 1. The van der Waals surface area contributed by atoms with Crippen molar-refractivity contribution in [2.24, 2.45) is 5.84 Å². The third kappa shape index (κ3) is 3.22. The zero-order valence-corrected chi connectivity index (χ0v) is 12.2. The van der Waals surface area contributed by atoms with Crippen LogP contribution in [-0.4, -0.2) is 19.7 Å². The zero-order chi connectivity index (χ0) is 14.8. The second-order valence-corrected chi connectivity index (χ2v) is 6.75. The van der Waals surface area contributed by atoms with Crippen LogP contribution in [0.3, 0.4) is 0 Å². The van der Waals surface area contributed by atoms with Gasteiger partial charge in [-0.05, 0) is 35.7 Å². The number of sulfone groups is 1. The molecule has 1 aromatic heterocycles. The van der Waals surface area contributed by atoms with Crippen molar-refractivity contribution < 1.29 is 8.42 Å². The number of benzene rings is 1. The van der Waals surface area contributed by atoms with E-state index >= 15 is 0 Å². The number of nitrogens with zero attached hydrogens (tertiary/aromatic N) is 1. The Morgan fingerprint density at radius 3 is 2.30 bits per heavy atom. The SMILES string of the molecule is Cc1cncc(C(NN)c2ccc(S(C)(=O)=O)cc2)c1. The van der Waals surface area contributed by atoms with Crippen molar-refractivity contribution in [3.8, 4) is 0 Å².